The average molecular weight is 430 g/mol. The fourth-order valence-electron chi connectivity index (χ4n) is 3.41. The van der Waals surface area contributed by atoms with Crippen LogP contribution in [0.15, 0.2) is 12.1 Å². The summed E-state index contributed by atoms with van der Waals surface area (Å²) in [4.78, 5) is 33.8. The Bertz CT molecular complexity index is 800. The first-order valence-corrected chi connectivity index (χ1v) is 9.08. The Labute approximate surface area is 177 Å². The van der Waals surface area contributed by atoms with Crippen LogP contribution < -0.4 is 11.1 Å². The fourth-order valence-corrected chi connectivity index (χ4v) is 3.41. The van der Waals surface area contributed by atoms with Gasteiger partial charge in [0.15, 0.2) is 0 Å². The number of aromatic nitrogens is 2. The number of hydrogen-bond acceptors (Lipinski definition) is 4. The number of amides is 2. The van der Waals surface area contributed by atoms with Gasteiger partial charge in [0.25, 0.3) is 0 Å². The Balaban J connectivity index is 0.00000196. The lowest BCUT2D eigenvalue weighted by Gasteiger charge is -2.23. The van der Waals surface area contributed by atoms with Crippen molar-refractivity contribution in [1.82, 2.24) is 20.2 Å². The predicted molar refractivity (Wildman–Crippen MR) is 115 cm³/mol. The van der Waals surface area contributed by atoms with Gasteiger partial charge < -0.3 is 20.9 Å². The molecule has 1 saturated heterocycles. The van der Waals surface area contributed by atoms with Crippen LogP contribution in [0.1, 0.15) is 36.7 Å². The molecule has 3 rings (SSSR count). The third kappa shape index (κ3) is 5.59. The summed E-state index contributed by atoms with van der Waals surface area (Å²) in [5.41, 5.74) is 10.3. The number of fused-ring (bicyclic) bond motifs is 1. The second kappa shape index (κ2) is 10.1. The Morgan fingerprint density at radius 1 is 1.21 bits per heavy atom. The van der Waals surface area contributed by atoms with Crippen molar-refractivity contribution in [2.75, 3.05) is 13.1 Å². The number of halogens is 2. The van der Waals surface area contributed by atoms with Crippen LogP contribution in [0.25, 0.3) is 11.0 Å². The molecule has 1 aliphatic rings. The monoisotopic (exact) mass is 429 g/mol. The molecule has 0 radical (unpaired) electrons. The van der Waals surface area contributed by atoms with Gasteiger partial charge in [0.05, 0.1) is 23.5 Å². The third-order valence-electron chi connectivity index (χ3n) is 5.17. The molecule has 7 nitrogen and oxygen atoms in total. The lowest BCUT2D eigenvalue weighted by atomic mass is 10.0. The van der Waals surface area contributed by atoms with E-state index in [-0.39, 0.29) is 48.6 Å². The average Bonchev–Trinajstić information content (AvgIpc) is 2.85. The number of imidazole rings is 1. The number of carbonyl (C=O) groups is 2. The van der Waals surface area contributed by atoms with Gasteiger partial charge in [-0.15, -0.1) is 24.8 Å². The molecule has 0 saturated carbocycles. The second-order valence-electron chi connectivity index (χ2n) is 7.31. The summed E-state index contributed by atoms with van der Waals surface area (Å²) in [6.45, 7) is 6.92. The summed E-state index contributed by atoms with van der Waals surface area (Å²) >= 11 is 0. The minimum Gasteiger partial charge on any atom is -0.349 e. The smallest absolute Gasteiger partial charge is 0.225 e. The molecule has 1 aromatic heterocycles. The van der Waals surface area contributed by atoms with Crippen molar-refractivity contribution in [3.63, 3.8) is 0 Å². The highest BCUT2D eigenvalue weighted by Gasteiger charge is 2.28. The van der Waals surface area contributed by atoms with Crippen LogP contribution in [0.4, 0.5) is 0 Å². The van der Waals surface area contributed by atoms with Crippen LogP contribution >= 0.6 is 24.8 Å². The highest BCUT2D eigenvalue weighted by Crippen LogP contribution is 2.18. The van der Waals surface area contributed by atoms with Crippen molar-refractivity contribution in [3.8, 4) is 0 Å². The Morgan fingerprint density at radius 2 is 1.89 bits per heavy atom. The van der Waals surface area contributed by atoms with Crippen molar-refractivity contribution in [2.24, 2.45) is 11.7 Å². The summed E-state index contributed by atoms with van der Waals surface area (Å²) in [5.74, 6) is 0.398. The molecule has 156 valence electrons. The predicted octanol–water partition coefficient (Wildman–Crippen LogP) is 2.23. The lowest BCUT2D eigenvalue weighted by Crippen LogP contribution is -2.42. The minimum absolute atomic E-state index is 0. The molecule has 0 bridgehead atoms. The molecule has 1 aromatic carbocycles. The summed E-state index contributed by atoms with van der Waals surface area (Å²) in [6, 6.07) is 4.04. The van der Waals surface area contributed by atoms with Crippen molar-refractivity contribution in [2.45, 2.75) is 46.2 Å². The maximum atomic E-state index is 12.6. The van der Waals surface area contributed by atoms with Gasteiger partial charge >= 0.3 is 0 Å². The highest BCUT2D eigenvalue weighted by molar-refractivity contribution is 5.85. The molecule has 28 heavy (non-hydrogen) atoms. The zero-order valence-electron chi connectivity index (χ0n) is 16.4. The number of nitrogens with two attached hydrogens (primary N) is 1. The topological polar surface area (TPSA) is 104 Å². The van der Waals surface area contributed by atoms with Gasteiger partial charge in [0, 0.05) is 26.1 Å². The van der Waals surface area contributed by atoms with Crippen molar-refractivity contribution >= 4 is 47.7 Å². The number of hydrogen-bond donors (Lipinski definition) is 3. The molecular formula is C19H29Cl2N5O2. The number of nitrogens with one attached hydrogen (secondary N) is 2. The molecule has 0 aliphatic carbocycles. The van der Waals surface area contributed by atoms with E-state index in [1.165, 1.54) is 18.1 Å². The number of rotatable bonds is 3. The van der Waals surface area contributed by atoms with E-state index in [0.717, 1.165) is 23.3 Å². The highest BCUT2D eigenvalue weighted by atomic mass is 35.5. The second-order valence-corrected chi connectivity index (χ2v) is 7.31. The Morgan fingerprint density at radius 3 is 2.57 bits per heavy atom. The Kier molecular flexibility index (Phi) is 8.73. The van der Waals surface area contributed by atoms with Crippen molar-refractivity contribution in [1.29, 1.82) is 0 Å². The minimum atomic E-state index is -0.235. The van der Waals surface area contributed by atoms with E-state index >= 15 is 0 Å². The van der Waals surface area contributed by atoms with Crippen LogP contribution in [0, 0.1) is 19.8 Å². The molecule has 2 heterocycles. The zero-order chi connectivity index (χ0) is 18.8. The third-order valence-corrected chi connectivity index (χ3v) is 5.17. The number of nitrogens with zero attached hydrogens (tertiary/aromatic N) is 2. The van der Waals surface area contributed by atoms with Crippen LogP contribution in [-0.2, 0) is 16.1 Å². The summed E-state index contributed by atoms with van der Waals surface area (Å²) in [6.07, 6.45) is 1.43. The zero-order valence-corrected chi connectivity index (χ0v) is 18.1. The van der Waals surface area contributed by atoms with Crippen molar-refractivity contribution < 1.29 is 9.59 Å². The first-order valence-electron chi connectivity index (χ1n) is 9.08. The quantitative estimate of drug-likeness (QED) is 0.695. The van der Waals surface area contributed by atoms with E-state index in [0.29, 0.717) is 26.1 Å². The van der Waals surface area contributed by atoms with Crippen LogP contribution in [-0.4, -0.2) is 45.8 Å². The van der Waals surface area contributed by atoms with E-state index in [9.17, 15) is 9.59 Å². The van der Waals surface area contributed by atoms with Gasteiger partial charge in [-0.1, -0.05) is 0 Å². The van der Waals surface area contributed by atoms with E-state index in [4.69, 9.17) is 5.73 Å². The SMILES string of the molecule is CC(=O)N1C[C@@H](N)CC[C@@H](C(=O)NCc2nc3cc(C)c(C)cc3[nH]2)C1.Cl.Cl. The molecule has 4 N–H and O–H groups in total. The van der Waals surface area contributed by atoms with Gasteiger partial charge in [0.1, 0.15) is 5.82 Å². The molecule has 2 amide bonds. The Hall–Kier alpha value is -1.83. The first kappa shape index (κ1) is 24.2. The van der Waals surface area contributed by atoms with E-state index in [2.05, 4.69) is 35.2 Å². The van der Waals surface area contributed by atoms with Crippen molar-refractivity contribution in [3.05, 3.63) is 29.1 Å². The van der Waals surface area contributed by atoms with E-state index in [1.807, 2.05) is 6.07 Å². The normalized spacial score (nSPS) is 19.4. The molecule has 0 unspecified atom stereocenters. The summed E-state index contributed by atoms with van der Waals surface area (Å²) < 4.78 is 0. The number of aromatic amines is 1. The van der Waals surface area contributed by atoms with Gasteiger partial charge in [-0.05, 0) is 49.9 Å². The molecule has 0 spiro atoms. The first-order chi connectivity index (χ1) is 12.3. The van der Waals surface area contributed by atoms with Gasteiger partial charge in [0.2, 0.25) is 11.8 Å². The number of aryl methyl sites for hydroxylation is 2. The van der Waals surface area contributed by atoms with Crippen LogP contribution in [0.3, 0.4) is 0 Å². The molecular weight excluding hydrogens is 401 g/mol. The fraction of sp³-hybridized carbons (Fsp3) is 0.526. The molecule has 9 heteroatoms. The van der Waals surface area contributed by atoms with Crippen LogP contribution in [0.2, 0.25) is 0 Å². The number of likely N-dealkylation sites (tertiary alicyclic amines) is 1. The maximum absolute atomic E-state index is 12.6. The van der Waals surface area contributed by atoms with Gasteiger partial charge in [-0.2, -0.15) is 0 Å². The number of benzene rings is 1. The number of carbonyl (C=O) groups excluding carboxylic acids is 2. The number of H-pyrrole nitrogens is 1. The largest absolute Gasteiger partial charge is 0.349 e. The van der Waals surface area contributed by atoms with Gasteiger partial charge in [-0.3, -0.25) is 9.59 Å². The molecule has 1 aliphatic heterocycles. The molecule has 2 atom stereocenters. The van der Waals surface area contributed by atoms with Gasteiger partial charge in [-0.25, -0.2) is 4.98 Å². The van der Waals surface area contributed by atoms with E-state index in [1.54, 1.807) is 4.90 Å². The summed E-state index contributed by atoms with van der Waals surface area (Å²) in [7, 11) is 0. The van der Waals surface area contributed by atoms with E-state index < -0.39 is 0 Å². The standard InChI is InChI=1S/C19H27N5O2.2ClH/c1-11-6-16-17(7-12(11)2)23-18(22-16)8-21-19(26)14-4-5-15(20)10-24(9-14)13(3)25;;/h6-7,14-15H,4-5,8-10,20H2,1-3H3,(H,21,26)(H,22,23);2*1H/t14-,15+;;/m1../s1. The molecule has 2 aromatic rings. The summed E-state index contributed by atoms with van der Waals surface area (Å²) in [5, 5.41) is 2.95. The maximum Gasteiger partial charge on any atom is 0.225 e. The molecule has 1 fully saturated rings. The lowest BCUT2D eigenvalue weighted by molar-refractivity contribution is -0.131. The van der Waals surface area contributed by atoms with Crippen LogP contribution in [0.5, 0.6) is 0 Å².